The number of piperidine rings is 3. The topological polar surface area (TPSA) is 38.8 Å². The van der Waals surface area contributed by atoms with E-state index in [0.717, 1.165) is 55.7 Å². The van der Waals surface area contributed by atoms with Crippen LogP contribution >= 0.6 is 0 Å². The van der Waals surface area contributed by atoms with E-state index in [4.69, 9.17) is 9.47 Å². The van der Waals surface area contributed by atoms with Crippen molar-refractivity contribution in [2.24, 2.45) is 5.92 Å². The molecule has 3 aliphatic heterocycles. The summed E-state index contributed by atoms with van der Waals surface area (Å²) in [6.07, 6.45) is 2.09. The van der Waals surface area contributed by atoms with E-state index < -0.39 is 11.9 Å². The molecule has 2 bridgehead atoms. The number of carbonyl (C=O) groups excluding carboxylic acids is 1. The van der Waals surface area contributed by atoms with Gasteiger partial charge in [0.1, 0.15) is 23.9 Å². The molecule has 3 heterocycles. The zero-order valence-corrected chi connectivity index (χ0v) is 23.1. The molecule has 38 heavy (non-hydrogen) atoms. The standard InChI is InChI=1S/C30H33F2N2O3.BrH/c1-36-28-9-5-2-6-23(28)14-17-34-18-15-24(16-19-34)29(21-34)37-30(35)33(27-8-4-3-7-26(27)32)20-22-10-12-25(31)13-11-22;/h2-13,24,29H,14-21H2,1H3;1H/q+1;/p-1/t24?,29-,34?;/m0./s1. The Morgan fingerprint density at radius 1 is 0.974 bits per heavy atom. The Balaban J connectivity index is 0.00000336. The van der Waals surface area contributed by atoms with Gasteiger partial charge in [-0.25, -0.2) is 13.6 Å². The quantitative estimate of drug-likeness (QED) is 0.381. The van der Waals surface area contributed by atoms with Gasteiger partial charge < -0.3 is 30.9 Å². The van der Waals surface area contributed by atoms with Crippen molar-refractivity contribution in [3.8, 4) is 5.75 Å². The molecule has 1 amide bonds. The first-order chi connectivity index (χ1) is 18.0. The predicted molar refractivity (Wildman–Crippen MR) is 138 cm³/mol. The van der Waals surface area contributed by atoms with Gasteiger partial charge in [-0.15, -0.1) is 0 Å². The van der Waals surface area contributed by atoms with Crippen molar-refractivity contribution in [1.82, 2.24) is 0 Å². The number of ether oxygens (including phenoxy) is 2. The lowest BCUT2D eigenvalue weighted by atomic mass is 9.83. The third-order valence-corrected chi connectivity index (χ3v) is 7.96. The molecule has 0 aromatic heterocycles. The van der Waals surface area contributed by atoms with Gasteiger partial charge in [-0.1, -0.05) is 42.5 Å². The number of anilines is 1. The molecule has 0 saturated carbocycles. The lowest BCUT2D eigenvalue weighted by molar-refractivity contribution is -0.945. The van der Waals surface area contributed by atoms with Crippen molar-refractivity contribution < 1.29 is 44.5 Å². The van der Waals surface area contributed by atoms with Gasteiger partial charge in [-0.2, -0.15) is 0 Å². The van der Waals surface area contributed by atoms with E-state index in [1.165, 1.54) is 28.7 Å². The summed E-state index contributed by atoms with van der Waals surface area (Å²) < 4.78 is 40.8. The van der Waals surface area contributed by atoms with Crippen molar-refractivity contribution in [2.45, 2.75) is 31.9 Å². The minimum Gasteiger partial charge on any atom is -1.00 e. The van der Waals surface area contributed by atoms with Crippen LogP contribution in [0.1, 0.15) is 24.0 Å². The summed E-state index contributed by atoms with van der Waals surface area (Å²) in [6.45, 7) is 3.94. The summed E-state index contributed by atoms with van der Waals surface area (Å²) in [5, 5.41) is 0. The molecule has 3 aromatic rings. The van der Waals surface area contributed by atoms with Gasteiger partial charge in [0.05, 0.1) is 39.0 Å². The molecule has 1 atom stereocenters. The van der Waals surface area contributed by atoms with E-state index >= 15 is 0 Å². The molecular weight excluding hydrogens is 554 g/mol. The van der Waals surface area contributed by atoms with Crippen LogP contribution in [0.5, 0.6) is 5.75 Å². The molecule has 5 nitrogen and oxygen atoms in total. The maximum absolute atomic E-state index is 14.8. The second-order valence-electron chi connectivity index (χ2n) is 10.2. The van der Waals surface area contributed by atoms with Gasteiger partial charge in [0.2, 0.25) is 0 Å². The minimum absolute atomic E-state index is 0. The van der Waals surface area contributed by atoms with Crippen molar-refractivity contribution >= 4 is 11.8 Å². The van der Waals surface area contributed by atoms with E-state index in [1.807, 2.05) is 18.2 Å². The Morgan fingerprint density at radius 3 is 2.37 bits per heavy atom. The SMILES string of the molecule is COc1ccccc1CC[N+]12CCC(CC1)[C@@H](OC(=O)N(Cc1ccc(F)cc1)c1ccccc1F)C2.[Br-]. The highest BCUT2D eigenvalue weighted by atomic mass is 79.9. The molecule has 0 unspecified atom stereocenters. The number of hydrogen-bond acceptors (Lipinski definition) is 3. The van der Waals surface area contributed by atoms with Crippen LogP contribution in [0.25, 0.3) is 0 Å². The lowest BCUT2D eigenvalue weighted by Crippen LogP contribution is -3.00. The number of hydrogen-bond donors (Lipinski definition) is 0. The molecule has 3 aromatic carbocycles. The highest BCUT2D eigenvalue weighted by Crippen LogP contribution is 2.37. The molecule has 6 rings (SSSR count). The summed E-state index contributed by atoms with van der Waals surface area (Å²) in [6, 6.07) is 20.1. The lowest BCUT2D eigenvalue weighted by Gasteiger charge is -2.52. The van der Waals surface area contributed by atoms with E-state index in [9.17, 15) is 13.6 Å². The first kappa shape index (κ1) is 28.0. The van der Waals surface area contributed by atoms with Gasteiger partial charge in [0, 0.05) is 25.2 Å². The zero-order chi connectivity index (χ0) is 25.8. The maximum Gasteiger partial charge on any atom is 0.415 e. The minimum atomic E-state index is -0.573. The number of benzene rings is 3. The van der Waals surface area contributed by atoms with E-state index in [0.29, 0.717) is 11.5 Å². The third kappa shape index (κ3) is 6.18. The van der Waals surface area contributed by atoms with Gasteiger partial charge >= 0.3 is 6.09 Å². The van der Waals surface area contributed by atoms with E-state index in [2.05, 4.69) is 6.07 Å². The molecule has 3 saturated heterocycles. The van der Waals surface area contributed by atoms with Crippen LogP contribution in [0.3, 0.4) is 0 Å². The number of para-hydroxylation sites is 2. The number of rotatable bonds is 8. The second kappa shape index (κ2) is 12.3. The summed E-state index contributed by atoms with van der Waals surface area (Å²) in [5.74, 6) is 0.342. The van der Waals surface area contributed by atoms with Gasteiger partial charge in [0.25, 0.3) is 0 Å². The molecular formula is C30H33BrF2N2O3. The fourth-order valence-electron chi connectivity index (χ4n) is 5.82. The molecule has 3 aliphatic rings. The Bertz CT molecular complexity index is 1230. The number of quaternary nitrogens is 1. The van der Waals surface area contributed by atoms with Gasteiger partial charge in [-0.3, -0.25) is 4.90 Å². The van der Waals surface area contributed by atoms with Crippen LogP contribution in [0.15, 0.2) is 72.8 Å². The Morgan fingerprint density at radius 2 is 1.66 bits per heavy atom. The van der Waals surface area contributed by atoms with Crippen LogP contribution < -0.4 is 26.6 Å². The Labute approximate surface area is 233 Å². The second-order valence-corrected chi connectivity index (χ2v) is 10.2. The fourth-order valence-corrected chi connectivity index (χ4v) is 5.82. The van der Waals surface area contributed by atoms with E-state index in [1.54, 1.807) is 37.4 Å². The van der Waals surface area contributed by atoms with Crippen LogP contribution in [0, 0.1) is 17.6 Å². The Hall–Kier alpha value is -2.97. The first-order valence-corrected chi connectivity index (χ1v) is 12.9. The fraction of sp³-hybridized carbons (Fsp3) is 0.367. The molecule has 0 aliphatic carbocycles. The summed E-state index contributed by atoms with van der Waals surface area (Å²) >= 11 is 0. The summed E-state index contributed by atoms with van der Waals surface area (Å²) in [4.78, 5) is 14.8. The maximum atomic E-state index is 14.8. The largest absolute Gasteiger partial charge is 1.00 e. The predicted octanol–water partition coefficient (Wildman–Crippen LogP) is 2.97. The van der Waals surface area contributed by atoms with Crippen molar-refractivity contribution in [2.75, 3.05) is 38.2 Å². The summed E-state index contributed by atoms with van der Waals surface area (Å²) in [5.41, 5.74) is 2.03. The number of methoxy groups -OCH3 is 1. The van der Waals surface area contributed by atoms with Crippen molar-refractivity contribution in [1.29, 1.82) is 0 Å². The van der Waals surface area contributed by atoms with Crippen LogP contribution in [-0.2, 0) is 17.7 Å². The number of carbonyl (C=O) groups is 1. The number of amides is 1. The van der Waals surface area contributed by atoms with Crippen LogP contribution in [-0.4, -0.2) is 50.0 Å². The van der Waals surface area contributed by atoms with E-state index in [-0.39, 0.29) is 41.1 Å². The molecule has 3 fully saturated rings. The third-order valence-electron chi connectivity index (χ3n) is 7.96. The monoisotopic (exact) mass is 586 g/mol. The molecule has 0 spiro atoms. The van der Waals surface area contributed by atoms with Crippen LogP contribution in [0.2, 0.25) is 0 Å². The van der Waals surface area contributed by atoms with Gasteiger partial charge in [-0.05, 0) is 41.5 Å². The first-order valence-electron chi connectivity index (χ1n) is 12.9. The normalized spacial score (nSPS) is 21.9. The van der Waals surface area contributed by atoms with Crippen molar-refractivity contribution in [3.63, 3.8) is 0 Å². The molecule has 202 valence electrons. The number of nitrogens with zero attached hydrogens (tertiary/aromatic N) is 2. The van der Waals surface area contributed by atoms with Crippen molar-refractivity contribution in [3.05, 3.63) is 95.6 Å². The average molecular weight is 588 g/mol. The molecule has 0 radical (unpaired) electrons. The highest BCUT2D eigenvalue weighted by molar-refractivity contribution is 5.87. The smallest absolute Gasteiger partial charge is 0.415 e. The Kier molecular flexibility index (Phi) is 9.05. The average Bonchev–Trinajstić information content (AvgIpc) is 2.93. The van der Waals surface area contributed by atoms with Gasteiger partial charge in [0.15, 0.2) is 6.10 Å². The highest BCUT2D eigenvalue weighted by Gasteiger charge is 2.47. The zero-order valence-electron chi connectivity index (χ0n) is 21.5. The molecule has 0 N–H and O–H groups in total. The molecule has 8 heteroatoms. The number of fused-ring (bicyclic) bond motifs is 3. The van der Waals surface area contributed by atoms with Crippen LogP contribution in [0.4, 0.5) is 19.3 Å². The number of halogens is 3. The summed E-state index contributed by atoms with van der Waals surface area (Å²) in [7, 11) is 1.69.